The summed E-state index contributed by atoms with van der Waals surface area (Å²) in [7, 11) is 0. The van der Waals surface area contributed by atoms with Crippen LogP contribution in [0, 0.1) is 0 Å². The highest BCUT2D eigenvalue weighted by atomic mass is 35.5. The van der Waals surface area contributed by atoms with Gasteiger partial charge in [-0.25, -0.2) is 0 Å². The fraction of sp³-hybridized carbons (Fsp3) is 0.647. The monoisotopic (exact) mass is 296 g/mol. The van der Waals surface area contributed by atoms with E-state index >= 15 is 0 Å². The molecule has 0 aliphatic heterocycles. The van der Waals surface area contributed by atoms with Gasteiger partial charge in [-0.1, -0.05) is 20.3 Å². The lowest BCUT2D eigenvalue weighted by atomic mass is 10.0. The van der Waals surface area contributed by atoms with E-state index in [-0.39, 0.29) is 5.38 Å². The zero-order valence-electron chi connectivity index (χ0n) is 12.6. The van der Waals surface area contributed by atoms with Crippen molar-refractivity contribution >= 4 is 11.6 Å². The van der Waals surface area contributed by atoms with Gasteiger partial charge in [-0.3, -0.25) is 0 Å². The third-order valence-electron chi connectivity index (χ3n) is 3.62. The van der Waals surface area contributed by atoms with Crippen molar-refractivity contribution in [2.24, 2.45) is 0 Å². The summed E-state index contributed by atoms with van der Waals surface area (Å²) >= 11 is 6.52. The van der Waals surface area contributed by atoms with E-state index in [1.807, 2.05) is 0 Å². The summed E-state index contributed by atoms with van der Waals surface area (Å²) in [4.78, 5) is 0. The molecule has 2 rings (SSSR count). The number of aryl methyl sites for hydroxylation is 1. The molecule has 0 N–H and O–H groups in total. The van der Waals surface area contributed by atoms with Gasteiger partial charge in [0, 0.05) is 0 Å². The molecule has 1 unspecified atom stereocenters. The van der Waals surface area contributed by atoms with Gasteiger partial charge in [0.1, 0.15) is 0 Å². The van der Waals surface area contributed by atoms with E-state index < -0.39 is 0 Å². The molecule has 0 radical (unpaired) electrons. The second kappa shape index (κ2) is 7.78. The van der Waals surface area contributed by atoms with Crippen LogP contribution in [0.4, 0.5) is 0 Å². The second-order valence-electron chi connectivity index (χ2n) is 5.41. The Balaban J connectivity index is 2.31. The Labute approximate surface area is 127 Å². The molecule has 3 heteroatoms. The minimum atomic E-state index is 0.108. The quantitative estimate of drug-likeness (QED) is 0.526. The number of alkyl halides is 1. The summed E-state index contributed by atoms with van der Waals surface area (Å²) in [5.41, 5.74) is 2.57. The fourth-order valence-corrected chi connectivity index (χ4v) is 2.93. The zero-order chi connectivity index (χ0) is 14.4. The van der Waals surface area contributed by atoms with Gasteiger partial charge in [0.2, 0.25) is 0 Å². The Morgan fingerprint density at radius 1 is 1.05 bits per heavy atom. The molecule has 1 aromatic carbocycles. The highest BCUT2D eigenvalue weighted by Gasteiger charge is 2.20. The average molecular weight is 297 g/mol. The van der Waals surface area contributed by atoms with Gasteiger partial charge in [-0.2, -0.15) is 0 Å². The molecule has 1 aliphatic rings. The Bertz CT molecular complexity index is 431. The molecule has 1 aliphatic carbocycles. The van der Waals surface area contributed by atoms with Crippen molar-refractivity contribution < 1.29 is 9.47 Å². The number of benzene rings is 1. The lowest BCUT2D eigenvalue weighted by Crippen LogP contribution is -2.04. The Morgan fingerprint density at radius 2 is 1.70 bits per heavy atom. The maximum atomic E-state index is 6.52. The van der Waals surface area contributed by atoms with Gasteiger partial charge in [0.25, 0.3) is 0 Å². The predicted octanol–water partition coefficient (Wildman–Crippen LogP) is 5.27. The number of rotatable bonds is 6. The van der Waals surface area contributed by atoms with Gasteiger partial charge in [-0.15, -0.1) is 11.6 Å². The fourth-order valence-electron chi connectivity index (χ4n) is 2.57. The number of ether oxygens (including phenoxy) is 2. The molecule has 0 fully saturated rings. The topological polar surface area (TPSA) is 18.5 Å². The third kappa shape index (κ3) is 3.82. The van der Waals surface area contributed by atoms with Crippen LogP contribution in [0.2, 0.25) is 0 Å². The van der Waals surface area contributed by atoms with Gasteiger partial charge in [0.05, 0.1) is 18.6 Å². The maximum absolute atomic E-state index is 6.52. The van der Waals surface area contributed by atoms with Crippen molar-refractivity contribution in [1.82, 2.24) is 0 Å². The molecule has 1 aromatic rings. The van der Waals surface area contributed by atoms with E-state index in [1.165, 1.54) is 24.0 Å². The highest BCUT2D eigenvalue weighted by molar-refractivity contribution is 6.21. The number of hydrogen-bond acceptors (Lipinski definition) is 2. The minimum absolute atomic E-state index is 0.108. The first kappa shape index (κ1) is 15.5. The largest absolute Gasteiger partial charge is 0.490 e. The summed E-state index contributed by atoms with van der Waals surface area (Å²) in [6, 6.07) is 4.26. The van der Waals surface area contributed by atoms with Crippen molar-refractivity contribution in [2.45, 2.75) is 57.7 Å². The van der Waals surface area contributed by atoms with Crippen LogP contribution in [0.5, 0.6) is 11.5 Å². The van der Waals surface area contributed by atoms with E-state index in [9.17, 15) is 0 Å². The summed E-state index contributed by atoms with van der Waals surface area (Å²) in [5, 5.41) is 0.108. The van der Waals surface area contributed by atoms with Crippen LogP contribution >= 0.6 is 11.6 Å². The van der Waals surface area contributed by atoms with E-state index in [1.54, 1.807) is 0 Å². The maximum Gasteiger partial charge on any atom is 0.161 e. The van der Waals surface area contributed by atoms with Gasteiger partial charge in [-0.05, 0) is 55.4 Å². The van der Waals surface area contributed by atoms with Crippen LogP contribution in [0.25, 0.3) is 0 Å². The summed E-state index contributed by atoms with van der Waals surface area (Å²) in [6.07, 6.45) is 6.54. The van der Waals surface area contributed by atoms with Gasteiger partial charge >= 0.3 is 0 Å². The molecule has 1 atom stereocenters. The van der Waals surface area contributed by atoms with E-state index in [4.69, 9.17) is 21.1 Å². The zero-order valence-corrected chi connectivity index (χ0v) is 13.3. The van der Waals surface area contributed by atoms with Crippen LogP contribution in [0.1, 0.15) is 62.5 Å². The smallest absolute Gasteiger partial charge is 0.161 e. The predicted molar refractivity (Wildman–Crippen MR) is 84.2 cm³/mol. The number of fused-ring (bicyclic) bond motifs is 1. The lowest BCUT2D eigenvalue weighted by molar-refractivity contribution is 0.268. The lowest BCUT2D eigenvalue weighted by Gasteiger charge is -2.18. The molecule has 0 amide bonds. The van der Waals surface area contributed by atoms with Crippen LogP contribution < -0.4 is 9.47 Å². The molecule has 112 valence electrons. The average Bonchev–Trinajstić information content (AvgIpc) is 2.64. The molecule has 0 saturated carbocycles. The van der Waals surface area contributed by atoms with Crippen molar-refractivity contribution in [2.75, 3.05) is 13.2 Å². The molecule has 20 heavy (non-hydrogen) atoms. The van der Waals surface area contributed by atoms with Crippen LogP contribution in [0.3, 0.4) is 0 Å². The van der Waals surface area contributed by atoms with Crippen molar-refractivity contribution in [1.29, 1.82) is 0 Å². The molecular weight excluding hydrogens is 272 g/mol. The molecular formula is C17H25ClO2. The SMILES string of the molecule is CCCOc1cc2c(cc1OCCC)C(Cl)CCCC2. The first-order valence-corrected chi connectivity index (χ1v) is 8.26. The third-order valence-corrected chi connectivity index (χ3v) is 4.07. The van der Waals surface area contributed by atoms with E-state index in [0.29, 0.717) is 6.61 Å². The minimum Gasteiger partial charge on any atom is -0.490 e. The number of halogens is 1. The van der Waals surface area contributed by atoms with Crippen molar-refractivity contribution in [3.8, 4) is 11.5 Å². The van der Waals surface area contributed by atoms with E-state index in [2.05, 4.69) is 26.0 Å². The second-order valence-corrected chi connectivity index (χ2v) is 5.93. The Morgan fingerprint density at radius 3 is 2.35 bits per heavy atom. The van der Waals surface area contributed by atoms with E-state index in [0.717, 1.165) is 43.8 Å². The van der Waals surface area contributed by atoms with Crippen molar-refractivity contribution in [3.05, 3.63) is 23.3 Å². The standard InChI is InChI=1S/C17H25ClO2/c1-3-9-19-16-11-13-7-5-6-8-15(18)14(13)12-17(16)20-10-4-2/h11-12,15H,3-10H2,1-2H3. The van der Waals surface area contributed by atoms with Gasteiger partial charge < -0.3 is 9.47 Å². The Hall–Kier alpha value is -0.890. The van der Waals surface area contributed by atoms with Crippen LogP contribution in [0.15, 0.2) is 12.1 Å². The highest BCUT2D eigenvalue weighted by Crippen LogP contribution is 2.40. The van der Waals surface area contributed by atoms with Crippen LogP contribution in [-0.4, -0.2) is 13.2 Å². The Kier molecular flexibility index (Phi) is 6.03. The molecule has 0 saturated heterocycles. The molecule has 0 heterocycles. The van der Waals surface area contributed by atoms with Gasteiger partial charge in [0.15, 0.2) is 11.5 Å². The van der Waals surface area contributed by atoms with Crippen molar-refractivity contribution in [3.63, 3.8) is 0 Å². The summed E-state index contributed by atoms with van der Waals surface area (Å²) < 4.78 is 11.7. The molecule has 2 nitrogen and oxygen atoms in total. The summed E-state index contributed by atoms with van der Waals surface area (Å²) in [6.45, 7) is 5.67. The first-order valence-electron chi connectivity index (χ1n) is 7.82. The summed E-state index contributed by atoms with van der Waals surface area (Å²) in [5.74, 6) is 1.73. The molecule has 0 aromatic heterocycles. The molecule has 0 bridgehead atoms. The van der Waals surface area contributed by atoms with Crippen LogP contribution in [-0.2, 0) is 6.42 Å². The molecule has 0 spiro atoms. The first-order chi connectivity index (χ1) is 9.76. The normalized spacial score (nSPS) is 18.2. The number of hydrogen-bond donors (Lipinski definition) is 0.